The monoisotopic (exact) mass is 296 g/mol. The van der Waals surface area contributed by atoms with Crippen LogP contribution < -0.4 is 10.0 Å². The summed E-state index contributed by atoms with van der Waals surface area (Å²) in [5.41, 5.74) is 1.16. The van der Waals surface area contributed by atoms with Crippen molar-refractivity contribution in [2.45, 2.75) is 25.7 Å². The average molecular weight is 296 g/mol. The Balaban J connectivity index is 1.68. The Kier molecular flexibility index (Phi) is 6.01. The lowest BCUT2D eigenvalue weighted by atomic mass is 9.96. The zero-order chi connectivity index (χ0) is 14.3. The van der Waals surface area contributed by atoms with Crippen molar-refractivity contribution in [1.82, 2.24) is 10.0 Å². The van der Waals surface area contributed by atoms with E-state index in [1.807, 2.05) is 30.3 Å². The number of hydrogen-bond donors (Lipinski definition) is 2. The molecule has 0 unspecified atom stereocenters. The maximum Gasteiger partial charge on any atom is 0.211 e. The minimum atomic E-state index is -3.12. The van der Waals surface area contributed by atoms with E-state index in [1.165, 1.54) is 0 Å². The molecule has 2 N–H and O–H groups in total. The maximum atomic E-state index is 11.9. The van der Waals surface area contributed by atoms with Crippen molar-refractivity contribution in [2.75, 3.05) is 25.4 Å². The average Bonchev–Trinajstić information content (AvgIpc) is 2.47. The molecule has 0 amide bonds. The van der Waals surface area contributed by atoms with Crippen LogP contribution in [0.2, 0.25) is 0 Å². The van der Waals surface area contributed by atoms with Crippen molar-refractivity contribution in [1.29, 1.82) is 0 Å². The van der Waals surface area contributed by atoms with Gasteiger partial charge in [-0.25, -0.2) is 13.1 Å². The van der Waals surface area contributed by atoms with Gasteiger partial charge in [-0.05, 0) is 50.3 Å². The second-order valence-corrected chi connectivity index (χ2v) is 7.36. The molecular weight excluding hydrogens is 272 g/mol. The highest BCUT2D eigenvalue weighted by molar-refractivity contribution is 7.89. The van der Waals surface area contributed by atoms with Crippen LogP contribution in [0.3, 0.4) is 0 Å². The molecule has 0 aromatic heterocycles. The molecule has 1 aromatic carbocycles. The van der Waals surface area contributed by atoms with Gasteiger partial charge in [0.2, 0.25) is 10.0 Å². The molecule has 0 saturated carbocycles. The van der Waals surface area contributed by atoms with Gasteiger partial charge in [0.15, 0.2) is 0 Å². The van der Waals surface area contributed by atoms with E-state index >= 15 is 0 Å². The van der Waals surface area contributed by atoms with Gasteiger partial charge in [-0.15, -0.1) is 0 Å². The fourth-order valence-electron chi connectivity index (χ4n) is 2.56. The van der Waals surface area contributed by atoms with Gasteiger partial charge in [-0.2, -0.15) is 0 Å². The van der Waals surface area contributed by atoms with E-state index in [9.17, 15) is 8.42 Å². The molecule has 1 fully saturated rings. The highest BCUT2D eigenvalue weighted by Crippen LogP contribution is 2.16. The molecule has 1 aliphatic heterocycles. The molecule has 0 aliphatic carbocycles. The minimum absolute atomic E-state index is 0.256. The van der Waals surface area contributed by atoms with E-state index in [1.54, 1.807) is 0 Å². The topological polar surface area (TPSA) is 58.2 Å². The van der Waals surface area contributed by atoms with Crippen molar-refractivity contribution in [3.8, 4) is 0 Å². The Morgan fingerprint density at radius 1 is 1.15 bits per heavy atom. The fraction of sp³-hybridized carbons (Fsp3) is 0.600. The van der Waals surface area contributed by atoms with Gasteiger partial charge < -0.3 is 5.32 Å². The first-order valence-electron chi connectivity index (χ1n) is 7.38. The fourth-order valence-corrected chi connectivity index (χ4v) is 3.76. The van der Waals surface area contributed by atoms with E-state index in [0.29, 0.717) is 12.5 Å². The van der Waals surface area contributed by atoms with Crippen molar-refractivity contribution < 1.29 is 8.42 Å². The molecule has 4 nitrogen and oxygen atoms in total. The third-order valence-electron chi connectivity index (χ3n) is 3.83. The molecule has 1 heterocycles. The van der Waals surface area contributed by atoms with E-state index in [4.69, 9.17) is 0 Å². The molecule has 1 aromatic rings. The number of benzene rings is 1. The molecule has 0 atom stereocenters. The number of piperidine rings is 1. The summed E-state index contributed by atoms with van der Waals surface area (Å²) in [4.78, 5) is 0. The van der Waals surface area contributed by atoms with Gasteiger partial charge in [0.25, 0.3) is 0 Å². The molecule has 20 heavy (non-hydrogen) atoms. The lowest BCUT2D eigenvalue weighted by molar-refractivity contribution is 0.365. The SMILES string of the molecule is O=S(=O)(CCC1CCNCC1)NCCc1ccccc1. The normalized spacial score (nSPS) is 17.2. The Morgan fingerprint density at radius 2 is 1.85 bits per heavy atom. The van der Waals surface area contributed by atoms with Crippen molar-refractivity contribution >= 4 is 10.0 Å². The number of rotatable bonds is 7. The zero-order valence-corrected chi connectivity index (χ0v) is 12.7. The Labute approximate surface area is 122 Å². The quantitative estimate of drug-likeness (QED) is 0.802. The second-order valence-electron chi connectivity index (χ2n) is 5.43. The van der Waals surface area contributed by atoms with Crippen LogP contribution in [0, 0.1) is 5.92 Å². The van der Waals surface area contributed by atoms with Gasteiger partial charge in [0, 0.05) is 6.54 Å². The summed E-state index contributed by atoms with van der Waals surface area (Å²) in [5.74, 6) is 0.814. The summed E-state index contributed by atoms with van der Waals surface area (Å²) in [5, 5.41) is 3.30. The Bertz CT molecular complexity index is 482. The zero-order valence-electron chi connectivity index (χ0n) is 11.8. The molecule has 0 radical (unpaired) electrons. The maximum absolute atomic E-state index is 11.9. The van der Waals surface area contributed by atoms with Gasteiger partial charge in [0.05, 0.1) is 5.75 Å². The summed E-state index contributed by atoms with van der Waals surface area (Å²) < 4.78 is 26.6. The summed E-state index contributed by atoms with van der Waals surface area (Å²) in [6.45, 7) is 2.52. The van der Waals surface area contributed by atoms with Gasteiger partial charge >= 0.3 is 0 Å². The van der Waals surface area contributed by atoms with Gasteiger partial charge in [-0.1, -0.05) is 30.3 Å². The summed E-state index contributed by atoms with van der Waals surface area (Å²) >= 11 is 0. The predicted octanol–water partition coefficient (Wildman–Crippen LogP) is 1.54. The third-order valence-corrected chi connectivity index (χ3v) is 5.25. The Morgan fingerprint density at radius 3 is 2.55 bits per heavy atom. The first-order valence-corrected chi connectivity index (χ1v) is 9.03. The van der Waals surface area contributed by atoms with Crippen molar-refractivity contribution in [3.63, 3.8) is 0 Å². The van der Waals surface area contributed by atoms with Gasteiger partial charge in [0.1, 0.15) is 0 Å². The van der Waals surface area contributed by atoms with Crippen LogP contribution in [-0.2, 0) is 16.4 Å². The van der Waals surface area contributed by atoms with Crippen molar-refractivity contribution in [3.05, 3.63) is 35.9 Å². The van der Waals surface area contributed by atoms with Crippen LogP contribution in [-0.4, -0.2) is 33.8 Å². The van der Waals surface area contributed by atoms with E-state index < -0.39 is 10.0 Å². The molecule has 0 bridgehead atoms. The van der Waals surface area contributed by atoms with E-state index in [2.05, 4.69) is 10.0 Å². The van der Waals surface area contributed by atoms with Crippen LogP contribution in [0.4, 0.5) is 0 Å². The van der Waals surface area contributed by atoms with Gasteiger partial charge in [-0.3, -0.25) is 0 Å². The van der Waals surface area contributed by atoms with Crippen LogP contribution in [0.5, 0.6) is 0 Å². The summed E-state index contributed by atoms with van der Waals surface area (Å²) in [7, 11) is -3.12. The third kappa shape index (κ3) is 5.61. The standard InChI is InChI=1S/C15H24N2O2S/c18-20(19,13-9-15-6-10-16-11-7-15)17-12-8-14-4-2-1-3-5-14/h1-5,15-17H,6-13H2. The molecular formula is C15H24N2O2S. The highest BCUT2D eigenvalue weighted by atomic mass is 32.2. The number of nitrogens with one attached hydrogen (secondary N) is 2. The number of sulfonamides is 1. The molecule has 5 heteroatoms. The molecule has 0 spiro atoms. The van der Waals surface area contributed by atoms with E-state index in [-0.39, 0.29) is 5.75 Å². The largest absolute Gasteiger partial charge is 0.317 e. The second kappa shape index (κ2) is 7.76. The van der Waals surface area contributed by atoms with Crippen LogP contribution in [0.25, 0.3) is 0 Å². The minimum Gasteiger partial charge on any atom is -0.317 e. The first-order chi connectivity index (χ1) is 9.66. The summed E-state index contributed by atoms with van der Waals surface area (Å²) in [6.07, 6.45) is 3.72. The molecule has 1 saturated heterocycles. The smallest absolute Gasteiger partial charge is 0.211 e. The first kappa shape index (κ1) is 15.5. The predicted molar refractivity (Wildman–Crippen MR) is 82.1 cm³/mol. The van der Waals surface area contributed by atoms with Crippen LogP contribution in [0.15, 0.2) is 30.3 Å². The lowest BCUT2D eigenvalue weighted by Gasteiger charge is -2.22. The Hall–Kier alpha value is -0.910. The number of hydrogen-bond acceptors (Lipinski definition) is 3. The summed E-state index contributed by atoms with van der Waals surface area (Å²) in [6, 6.07) is 9.95. The highest BCUT2D eigenvalue weighted by Gasteiger charge is 2.17. The van der Waals surface area contributed by atoms with E-state index in [0.717, 1.165) is 44.3 Å². The van der Waals surface area contributed by atoms with Crippen molar-refractivity contribution in [2.24, 2.45) is 5.92 Å². The molecule has 1 aliphatic rings. The molecule has 112 valence electrons. The van der Waals surface area contributed by atoms with Crippen LogP contribution in [0.1, 0.15) is 24.8 Å². The van der Waals surface area contributed by atoms with Crippen LogP contribution >= 0.6 is 0 Å². The lowest BCUT2D eigenvalue weighted by Crippen LogP contribution is -2.32. The molecule has 2 rings (SSSR count).